The van der Waals surface area contributed by atoms with E-state index in [4.69, 9.17) is 33.2 Å². The fraction of sp³-hybridized carbons (Fsp3) is 0.241. The summed E-state index contributed by atoms with van der Waals surface area (Å²) < 4.78 is 43.8. The molecule has 2 aliphatic rings. The van der Waals surface area contributed by atoms with E-state index in [1.165, 1.54) is 12.5 Å². The number of ether oxygens (including phenoxy) is 7. The molecule has 12 nitrogen and oxygen atoms in total. The highest BCUT2D eigenvalue weighted by molar-refractivity contribution is 5.91. The van der Waals surface area contributed by atoms with E-state index in [0.717, 1.165) is 18.4 Å². The van der Waals surface area contributed by atoms with Crippen molar-refractivity contribution in [3.05, 3.63) is 208 Å². The summed E-state index contributed by atoms with van der Waals surface area (Å²) in [4.78, 5) is 68.0. The van der Waals surface area contributed by atoms with E-state index < -0.39 is 66.7 Å². The number of hydrogen-bond donors (Lipinski definition) is 0. The molecule has 0 unspecified atom stereocenters. The first kappa shape index (κ1) is 45.0. The molecule has 1 aliphatic heterocycles. The molecule has 6 aromatic carbocycles. The van der Waals surface area contributed by atoms with Crippen LogP contribution in [0.2, 0.25) is 0 Å². The molecule has 0 bridgehead atoms. The second kappa shape index (κ2) is 21.0. The average molecular weight is 889 g/mol. The van der Waals surface area contributed by atoms with E-state index in [-0.39, 0.29) is 34.6 Å². The van der Waals surface area contributed by atoms with Gasteiger partial charge in [-0.25, -0.2) is 19.2 Å². The number of benzene rings is 6. The van der Waals surface area contributed by atoms with E-state index in [2.05, 4.69) is 24.3 Å². The zero-order valence-electron chi connectivity index (χ0n) is 36.4. The Balaban J connectivity index is 1.24. The van der Waals surface area contributed by atoms with Gasteiger partial charge in [-0.2, -0.15) is 0 Å². The first-order chi connectivity index (χ1) is 32.1. The van der Waals surface area contributed by atoms with Gasteiger partial charge >= 0.3 is 29.8 Å². The summed E-state index contributed by atoms with van der Waals surface area (Å²) in [5.41, 5.74) is 4.23. The Bertz CT molecular complexity index is 2620. The van der Waals surface area contributed by atoms with Crippen molar-refractivity contribution in [2.75, 3.05) is 0 Å². The molecule has 1 aliphatic carbocycles. The van der Waals surface area contributed by atoms with Gasteiger partial charge in [0.2, 0.25) is 12.4 Å². The van der Waals surface area contributed by atoms with Gasteiger partial charge in [0.25, 0.3) is 0 Å². The Morgan fingerprint density at radius 2 is 1.03 bits per heavy atom. The van der Waals surface area contributed by atoms with Crippen LogP contribution in [0.1, 0.15) is 96.3 Å². The van der Waals surface area contributed by atoms with Gasteiger partial charge in [-0.3, -0.25) is 4.79 Å². The molecule has 6 atom stereocenters. The fourth-order valence-corrected chi connectivity index (χ4v) is 7.68. The lowest BCUT2D eigenvalue weighted by atomic mass is 9.94. The lowest BCUT2D eigenvalue weighted by molar-refractivity contribution is -0.284. The van der Waals surface area contributed by atoms with Crippen LogP contribution < -0.4 is 4.74 Å². The van der Waals surface area contributed by atoms with Crippen LogP contribution in [-0.4, -0.2) is 66.7 Å². The lowest BCUT2D eigenvalue weighted by Gasteiger charge is -2.45. The van der Waals surface area contributed by atoms with Crippen LogP contribution in [0.25, 0.3) is 0 Å². The summed E-state index contributed by atoms with van der Waals surface area (Å²) in [6, 6.07) is 46.5. The summed E-state index contributed by atoms with van der Waals surface area (Å²) >= 11 is 0. The van der Waals surface area contributed by atoms with Crippen molar-refractivity contribution in [3.63, 3.8) is 0 Å². The lowest BCUT2D eigenvalue weighted by Crippen LogP contribution is -2.65. The molecule has 12 heteroatoms. The number of esters is 5. The van der Waals surface area contributed by atoms with Gasteiger partial charge in [0.05, 0.1) is 22.3 Å². The molecule has 8 rings (SSSR count). The predicted molar refractivity (Wildman–Crippen MR) is 241 cm³/mol. The Morgan fingerprint density at radius 1 is 0.561 bits per heavy atom. The van der Waals surface area contributed by atoms with Gasteiger partial charge in [0.15, 0.2) is 12.2 Å². The molecule has 2 fully saturated rings. The number of carbonyl (C=O) groups excluding carboxylic acids is 5. The fourth-order valence-electron chi connectivity index (χ4n) is 7.68. The highest BCUT2D eigenvalue weighted by Crippen LogP contribution is 2.40. The van der Waals surface area contributed by atoms with Gasteiger partial charge in [0.1, 0.15) is 24.6 Å². The zero-order valence-corrected chi connectivity index (χ0v) is 36.4. The summed E-state index contributed by atoms with van der Waals surface area (Å²) in [5, 5.41) is 0. The Morgan fingerprint density at radius 3 is 1.53 bits per heavy atom. The Labute approximate surface area is 382 Å². The molecule has 0 spiro atoms. The molecular weight excluding hydrogens is 841 g/mol. The molecule has 0 N–H and O–H groups in total. The maximum Gasteiger partial charge on any atom is 0.338 e. The molecule has 0 radical (unpaired) electrons. The number of rotatable bonds is 16. The first-order valence-electron chi connectivity index (χ1n) is 21.8. The largest absolute Gasteiger partial charge is 0.461 e. The summed E-state index contributed by atoms with van der Waals surface area (Å²) in [5.74, 6) is -2.85. The second-order valence-corrected chi connectivity index (χ2v) is 16.2. The van der Waals surface area contributed by atoms with Crippen molar-refractivity contribution >= 4 is 29.8 Å². The Kier molecular flexibility index (Phi) is 14.3. The average Bonchev–Trinajstić information content (AvgIpc) is 4.20. The zero-order chi connectivity index (χ0) is 46.0. The molecule has 1 saturated heterocycles. The smallest absolute Gasteiger partial charge is 0.338 e. The monoisotopic (exact) mass is 888 g/mol. The van der Waals surface area contributed by atoms with Crippen LogP contribution in [0.5, 0.6) is 5.75 Å². The maximum atomic E-state index is 14.2. The predicted octanol–water partition coefficient (Wildman–Crippen LogP) is 9.24. The van der Waals surface area contributed by atoms with Gasteiger partial charge in [-0.1, -0.05) is 109 Å². The second-order valence-electron chi connectivity index (χ2n) is 16.2. The van der Waals surface area contributed by atoms with Crippen molar-refractivity contribution < 1.29 is 57.1 Å². The van der Waals surface area contributed by atoms with Gasteiger partial charge in [-0.05, 0) is 103 Å². The van der Waals surface area contributed by atoms with Gasteiger partial charge in [0, 0.05) is 13.3 Å². The highest BCUT2D eigenvalue weighted by Gasteiger charge is 2.56. The quantitative estimate of drug-likeness (QED) is 0.0673. The molecule has 1 saturated carbocycles. The molecular formula is C54H48O12. The molecule has 0 amide bonds. The summed E-state index contributed by atoms with van der Waals surface area (Å²) in [6.07, 6.45) is -6.34. The van der Waals surface area contributed by atoms with E-state index >= 15 is 0 Å². The first-order valence-corrected chi connectivity index (χ1v) is 21.8. The minimum atomic E-state index is -1.64. The standard InChI is InChI=1S/C54H48O12/c1-34(61-50(56)40-15-7-3-8-16-40)46-47(63-51(57)41-17-9-4-10-18-41)48(64-52(58)42-19-11-5-12-20-42)49(65-53(59)43-21-13-6-14-22-43)54(66-46)62-45-32-37(33-60-35(2)55)25-28-44(45)31-36-23-26-38(27-24-36)39-29-30-39/h3-28,32,34,39,46-49,54H,29-31,33H2,1-2H3/t34-,46-,47-,48+,49-,54-/m1/s1. The molecule has 0 aromatic heterocycles. The van der Waals surface area contributed by atoms with Crippen molar-refractivity contribution in [1.29, 1.82) is 0 Å². The van der Waals surface area contributed by atoms with Crippen molar-refractivity contribution in [3.8, 4) is 5.75 Å². The molecule has 6 aromatic rings. The molecule has 66 heavy (non-hydrogen) atoms. The van der Waals surface area contributed by atoms with E-state index in [1.54, 1.807) is 134 Å². The van der Waals surface area contributed by atoms with Crippen LogP contribution in [0, 0.1) is 0 Å². The third kappa shape index (κ3) is 11.4. The number of hydrogen-bond acceptors (Lipinski definition) is 12. The van der Waals surface area contributed by atoms with Crippen molar-refractivity contribution in [1.82, 2.24) is 0 Å². The Hall–Kier alpha value is -7.57. The van der Waals surface area contributed by atoms with Gasteiger partial charge < -0.3 is 33.2 Å². The molecule has 336 valence electrons. The van der Waals surface area contributed by atoms with Gasteiger partial charge in [-0.15, -0.1) is 0 Å². The summed E-state index contributed by atoms with van der Waals surface area (Å²) in [7, 11) is 0. The van der Waals surface area contributed by atoms with Crippen molar-refractivity contribution in [2.24, 2.45) is 0 Å². The van der Waals surface area contributed by atoms with E-state index in [9.17, 15) is 24.0 Å². The van der Waals surface area contributed by atoms with Crippen LogP contribution in [0.3, 0.4) is 0 Å². The van der Waals surface area contributed by atoms with Crippen LogP contribution in [0.15, 0.2) is 164 Å². The SMILES string of the molecule is CC(=O)OCc1ccc(Cc2ccc(C3CC3)cc2)c(O[C@@H]2O[C@H]([C@@H](C)OC(=O)c3ccccc3)[C@@H](OC(=O)c3ccccc3)[C@H](OC(=O)c3ccccc3)[C@H]2OC(=O)c2ccccc2)c1. The normalized spacial score (nSPS) is 19.3. The van der Waals surface area contributed by atoms with Crippen LogP contribution in [-0.2, 0) is 46.2 Å². The maximum absolute atomic E-state index is 14.2. The van der Waals surface area contributed by atoms with Crippen LogP contribution in [0.4, 0.5) is 0 Å². The number of carbonyl (C=O) groups is 5. The minimum Gasteiger partial charge on any atom is -0.461 e. The highest BCUT2D eigenvalue weighted by atomic mass is 16.7. The van der Waals surface area contributed by atoms with Crippen LogP contribution >= 0.6 is 0 Å². The topological polar surface area (TPSA) is 150 Å². The third-order valence-corrected chi connectivity index (χ3v) is 11.3. The van der Waals surface area contributed by atoms with E-state index in [0.29, 0.717) is 23.5 Å². The van der Waals surface area contributed by atoms with Crippen molar-refractivity contribution in [2.45, 2.75) is 82.4 Å². The minimum absolute atomic E-state index is 0.0794. The summed E-state index contributed by atoms with van der Waals surface area (Å²) in [6.45, 7) is 2.78. The molecule has 1 heterocycles. The van der Waals surface area contributed by atoms with E-state index in [1.807, 2.05) is 12.1 Å². The third-order valence-electron chi connectivity index (χ3n) is 11.3.